The monoisotopic (exact) mass is 334 g/mol. The van der Waals surface area contributed by atoms with E-state index in [9.17, 15) is 15.0 Å². The van der Waals surface area contributed by atoms with Crippen molar-refractivity contribution in [1.29, 1.82) is 0 Å². The van der Waals surface area contributed by atoms with Crippen LogP contribution in [0.3, 0.4) is 0 Å². The number of rotatable bonds is 4. The molecule has 0 aliphatic carbocycles. The summed E-state index contributed by atoms with van der Waals surface area (Å²) in [5.41, 5.74) is 20.2. The summed E-state index contributed by atoms with van der Waals surface area (Å²) in [5, 5.41) is 23.2. The molecule has 1 saturated heterocycles. The van der Waals surface area contributed by atoms with Gasteiger partial charge >= 0.3 is 0 Å². The molecule has 0 unspecified atom stereocenters. The molecular weight excluding hydrogens is 320 g/mol. The first kappa shape index (κ1) is 16.0. The SMILES string of the molecule is [N-]=[N+]=N[C@@H]1[C@H](O)[C@@H](CO)O[C@H]1n1cc(C(N)=O)c2c(N)ncnc21. The summed E-state index contributed by atoms with van der Waals surface area (Å²) >= 11 is 0. The van der Waals surface area contributed by atoms with E-state index in [1.54, 1.807) is 0 Å². The van der Waals surface area contributed by atoms with E-state index < -0.39 is 37.0 Å². The van der Waals surface area contributed by atoms with Crippen LogP contribution in [0.25, 0.3) is 21.5 Å². The smallest absolute Gasteiger partial charge is 0.251 e. The van der Waals surface area contributed by atoms with Crippen molar-refractivity contribution in [2.24, 2.45) is 10.8 Å². The van der Waals surface area contributed by atoms with E-state index in [1.165, 1.54) is 17.1 Å². The molecule has 6 N–H and O–H groups in total. The Morgan fingerprint density at radius 3 is 2.92 bits per heavy atom. The van der Waals surface area contributed by atoms with E-state index in [-0.39, 0.29) is 22.4 Å². The fraction of sp³-hybridized carbons (Fsp3) is 0.417. The van der Waals surface area contributed by atoms with Crippen LogP contribution in [0.15, 0.2) is 17.6 Å². The molecule has 4 atom stereocenters. The molecule has 0 radical (unpaired) electrons. The van der Waals surface area contributed by atoms with E-state index in [4.69, 9.17) is 21.7 Å². The lowest BCUT2D eigenvalue weighted by molar-refractivity contribution is -0.0435. The van der Waals surface area contributed by atoms with Crippen LogP contribution >= 0.6 is 0 Å². The van der Waals surface area contributed by atoms with Gasteiger partial charge in [-0.05, 0) is 5.53 Å². The van der Waals surface area contributed by atoms with Gasteiger partial charge in [-0.1, -0.05) is 5.11 Å². The number of nitrogens with two attached hydrogens (primary N) is 2. The third-order valence-electron chi connectivity index (χ3n) is 3.88. The summed E-state index contributed by atoms with van der Waals surface area (Å²) in [6.07, 6.45) is -0.660. The van der Waals surface area contributed by atoms with Gasteiger partial charge in [0.05, 0.1) is 23.7 Å². The second kappa shape index (κ2) is 5.94. The molecule has 0 saturated carbocycles. The first-order valence-electron chi connectivity index (χ1n) is 6.89. The van der Waals surface area contributed by atoms with Crippen molar-refractivity contribution in [1.82, 2.24) is 14.5 Å². The lowest BCUT2D eigenvalue weighted by Gasteiger charge is -2.17. The average Bonchev–Trinajstić information content (AvgIpc) is 3.08. The van der Waals surface area contributed by atoms with Gasteiger partial charge in [-0.3, -0.25) is 4.79 Å². The number of nitrogens with zero attached hydrogens (tertiary/aromatic N) is 6. The van der Waals surface area contributed by atoms with Gasteiger partial charge in [-0.15, -0.1) is 0 Å². The second-order valence-electron chi connectivity index (χ2n) is 5.21. The van der Waals surface area contributed by atoms with Crippen molar-refractivity contribution in [3.63, 3.8) is 0 Å². The van der Waals surface area contributed by atoms with Crippen molar-refractivity contribution in [2.45, 2.75) is 24.5 Å². The Morgan fingerprint density at radius 2 is 2.29 bits per heavy atom. The Labute approximate surface area is 134 Å². The molecule has 2 aromatic rings. The van der Waals surface area contributed by atoms with E-state index >= 15 is 0 Å². The zero-order valence-electron chi connectivity index (χ0n) is 12.2. The van der Waals surface area contributed by atoms with Crippen LogP contribution in [-0.2, 0) is 4.74 Å². The van der Waals surface area contributed by atoms with Gasteiger partial charge in [0.2, 0.25) is 0 Å². The van der Waals surface area contributed by atoms with Crippen molar-refractivity contribution in [3.05, 3.63) is 28.5 Å². The molecule has 0 spiro atoms. The van der Waals surface area contributed by atoms with Crippen LogP contribution in [0.5, 0.6) is 0 Å². The number of primary amides is 1. The number of ether oxygens (including phenoxy) is 1. The van der Waals surface area contributed by atoms with Crippen LogP contribution in [0, 0.1) is 0 Å². The maximum Gasteiger partial charge on any atom is 0.251 e. The molecule has 1 amide bonds. The molecule has 1 aliphatic heterocycles. The quantitative estimate of drug-likeness (QED) is 0.313. The van der Waals surface area contributed by atoms with E-state index in [1.807, 2.05) is 0 Å². The first-order chi connectivity index (χ1) is 11.5. The predicted octanol–water partition coefficient (Wildman–Crippen LogP) is -0.958. The summed E-state index contributed by atoms with van der Waals surface area (Å²) in [5.74, 6) is -0.706. The maximum absolute atomic E-state index is 11.7. The molecule has 0 bridgehead atoms. The third-order valence-corrected chi connectivity index (χ3v) is 3.88. The van der Waals surface area contributed by atoms with Crippen LogP contribution < -0.4 is 11.5 Å². The second-order valence-corrected chi connectivity index (χ2v) is 5.21. The van der Waals surface area contributed by atoms with Crippen LogP contribution in [0.2, 0.25) is 0 Å². The number of azide groups is 1. The molecule has 12 heteroatoms. The summed E-state index contributed by atoms with van der Waals surface area (Å²) in [6, 6.07) is -1.04. The number of anilines is 1. The zero-order chi connectivity index (χ0) is 17.4. The van der Waals surface area contributed by atoms with Gasteiger partial charge in [-0.2, -0.15) is 0 Å². The summed E-state index contributed by atoms with van der Waals surface area (Å²) in [4.78, 5) is 22.3. The molecule has 3 heterocycles. The van der Waals surface area contributed by atoms with Gasteiger partial charge < -0.3 is 31.0 Å². The van der Waals surface area contributed by atoms with Gasteiger partial charge in [0.1, 0.15) is 36.2 Å². The van der Waals surface area contributed by atoms with Gasteiger partial charge in [0.25, 0.3) is 5.91 Å². The number of hydrogen-bond acceptors (Lipinski definition) is 8. The summed E-state index contributed by atoms with van der Waals surface area (Å²) in [6.45, 7) is -0.478. The highest BCUT2D eigenvalue weighted by Crippen LogP contribution is 2.36. The highest BCUT2D eigenvalue weighted by atomic mass is 16.5. The Hall–Kier alpha value is -2.92. The van der Waals surface area contributed by atoms with Crippen molar-refractivity contribution < 1.29 is 19.7 Å². The molecule has 12 nitrogen and oxygen atoms in total. The molecule has 126 valence electrons. The number of carbonyl (C=O) groups excluding carboxylic acids is 1. The third kappa shape index (κ3) is 2.30. The van der Waals surface area contributed by atoms with Crippen LogP contribution in [-0.4, -0.2) is 55.5 Å². The number of aliphatic hydroxyl groups excluding tert-OH is 2. The highest BCUT2D eigenvalue weighted by Gasteiger charge is 2.44. The van der Waals surface area contributed by atoms with Crippen molar-refractivity contribution in [3.8, 4) is 0 Å². The van der Waals surface area contributed by atoms with Gasteiger partial charge in [0, 0.05) is 11.1 Å². The minimum absolute atomic E-state index is 0.0464. The molecule has 24 heavy (non-hydrogen) atoms. The number of amides is 1. The van der Waals surface area contributed by atoms with Gasteiger partial charge in [-0.25, -0.2) is 9.97 Å². The number of aliphatic hydroxyl groups is 2. The normalized spacial score (nSPS) is 26.4. The maximum atomic E-state index is 11.7. The Bertz CT molecular complexity index is 845. The number of fused-ring (bicyclic) bond motifs is 1. The number of carbonyl (C=O) groups is 1. The Morgan fingerprint density at radius 1 is 1.54 bits per heavy atom. The van der Waals surface area contributed by atoms with E-state index in [0.717, 1.165) is 0 Å². The Kier molecular flexibility index (Phi) is 3.95. The molecular formula is C12H14N8O4. The molecule has 1 fully saturated rings. The number of aromatic nitrogens is 3. The van der Waals surface area contributed by atoms with Crippen LogP contribution in [0.4, 0.5) is 5.82 Å². The Balaban J connectivity index is 2.20. The van der Waals surface area contributed by atoms with E-state index in [2.05, 4.69) is 20.0 Å². The molecule has 2 aromatic heterocycles. The minimum atomic E-state index is -1.23. The fourth-order valence-electron chi connectivity index (χ4n) is 2.78. The van der Waals surface area contributed by atoms with Crippen LogP contribution in [0.1, 0.15) is 16.6 Å². The number of nitrogen functional groups attached to an aromatic ring is 1. The highest BCUT2D eigenvalue weighted by molar-refractivity contribution is 6.08. The van der Waals surface area contributed by atoms with Crippen molar-refractivity contribution >= 4 is 22.8 Å². The molecule has 0 aromatic carbocycles. The fourth-order valence-corrected chi connectivity index (χ4v) is 2.78. The summed E-state index contributed by atoms with van der Waals surface area (Å²) in [7, 11) is 0. The largest absolute Gasteiger partial charge is 0.394 e. The van der Waals surface area contributed by atoms with Crippen molar-refractivity contribution in [2.75, 3.05) is 12.3 Å². The minimum Gasteiger partial charge on any atom is -0.394 e. The topological polar surface area (TPSA) is 198 Å². The summed E-state index contributed by atoms with van der Waals surface area (Å²) < 4.78 is 6.94. The number of hydrogen-bond donors (Lipinski definition) is 4. The van der Waals surface area contributed by atoms with E-state index in [0.29, 0.717) is 0 Å². The van der Waals surface area contributed by atoms with Gasteiger partial charge in [0.15, 0.2) is 0 Å². The lowest BCUT2D eigenvalue weighted by Crippen LogP contribution is -2.31. The molecule has 1 aliphatic rings. The predicted molar refractivity (Wildman–Crippen MR) is 80.4 cm³/mol. The molecule has 3 rings (SSSR count). The first-order valence-corrected chi connectivity index (χ1v) is 6.89. The standard InChI is InChI=1S/C12H14N8O4/c13-9-6-4(10(14)23)1-20(11(6)17-3-16-9)12-7(18-19-15)8(22)5(2-21)24-12/h1,3,5,7-8,12,21-22H,2H2,(H2,14,23)(H2,13,16,17)/t5-,7-,8-,12-/m1/s1. The lowest BCUT2D eigenvalue weighted by atomic mass is 10.1. The average molecular weight is 334 g/mol. The zero-order valence-corrected chi connectivity index (χ0v) is 12.2.